The van der Waals surface area contributed by atoms with Crippen LogP contribution in [-0.2, 0) is 9.53 Å². The van der Waals surface area contributed by atoms with Crippen molar-refractivity contribution in [2.45, 2.75) is 12.8 Å². The molecule has 1 unspecified atom stereocenters. The van der Waals surface area contributed by atoms with Crippen LogP contribution in [0, 0.1) is 0 Å². The van der Waals surface area contributed by atoms with Crippen molar-refractivity contribution in [3.8, 4) is 0 Å². The topological polar surface area (TPSA) is 26.3 Å². The van der Waals surface area contributed by atoms with Gasteiger partial charge in [0.15, 0.2) is 0 Å². The maximum absolute atomic E-state index is 10.6. The van der Waals surface area contributed by atoms with Gasteiger partial charge in [-0.15, -0.1) is 0 Å². The van der Waals surface area contributed by atoms with Gasteiger partial charge in [0.05, 0.1) is 17.3 Å². The molecule has 0 radical (unpaired) electrons. The van der Waals surface area contributed by atoms with E-state index in [9.17, 15) is 4.79 Å². The van der Waals surface area contributed by atoms with Gasteiger partial charge in [-0.3, -0.25) is 4.79 Å². The molecule has 7 heavy (non-hydrogen) atoms. The van der Waals surface area contributed by atoms with Crippen molar-refractivity contribution in [1.29, 1.82) is 0 Å². The summed E-state index contributed by atoms with van der Waals surface area (Å²) in [4.78, 5) is 10.6. The second-order valence-electron chi connectivity index (χ2n) is 1.35. The zero-order valence-electron chi connectivity index (χ0n) is 6.81. The molecule has 1 fully saturated rings. The molecule has 1 atom stereocenters. The lowest BCUT2D eigenvalue weighted by Crippen LogP contribution is -2.14. The molecule has 0 bridgehead atoms. The molecule has 40 valence electrons. The summed E-state index contributed by atoms with van der Waals surface area (Å²) in [5, 5.41) is 0. The largest absolute Gasteiger partial charge is 0.381 e. The fraction of sp³-hybridized carbons (Fsp3) is 0.800. The number of hydrogen-bond donors (Lipinski definition) is 0. The highest BCUT2D eigenvalue weighted by molar-refractivity contribution is 5.78. The Bertz CT molecular complexity index is 157. The highest BCUT2D eigenvalue weighted by Crippen LogP contribution is 1.98. The number of carbonyl (C=O) groups excluding carboxylic acids is 1. The highest BCUT2D eigenvalue weighted by atomic mass is 16.5. The van der Waals surface area contributed by atoms with E-state index in [0.717, 1.165) is 0 Å². The van der Waals surface area contributed by atoms with E-state index in [-0.39, 0.29) is 18.6 Å². The highest BCUT2D eigenvalue weighted by Gasteiger charge is 2.06. The van der Waals surface area contributed by atoms with Gasteiger partial charge in [0.1, 0.15) is 5.78 Å². The van der Waals surface area contributed by atoms with E-state index in [0.29, 0.717) is 0 Å². The van der Waals surface area contributed by atoms with Crippen LogP contribution in [0.4, 0.5) is 0 Å². The average molecular weight is 103 g/mol. The number of ether oxygens (including phenoxy) is 1. The molecular formula is C5H8O2. The van der Waals surface area contributed by atoms with Gasteiger partial charge in [-0.2, -0.15) is 0 Å². The SMILES string of the molecule is [2H]C1CC(=O)CC([2H])([2H])O1. The van der Waals surface area contributed by atoms with Crippen LogP contribution in [0.2, 0.25) is 0 Å². The Labute approximate surface area is 46.7 Å². The van der Waals surface area contributed by atoms with Crippen LogP contribution >= 0.6 is 0 Å². The predicted octanol–water partition coefficient (Wildman–Crippen LogP) is 0.366. The van der Waals surface area contributed by atoms with Gasteiger partial charge in [0.2, 0.25) is 0 Å². The Balaban J connectivity index is 2.59. The van der Waals surface area contributed by atoms with Crippen LogP contribution in [0.15, 0.2) is 0 Å². The Hall–Kier alpha value is -0.370. The van der Waals surface area contributed by atoms with Crippen LogP contribution < -0.4 is 0 Å². The molecule has 0 spiro atoms. The molecule has 0 aromatic heterocycles. The number of Topliss-reactive ketones (excluding diaryl/α,β-unsaturated/α-hetero) is 1. The maximum atomic E-state index is 10.6. The maximum Gasteiger partial charge on any atom is 0.137 e. The van der Waals surface area contributed by atoms with Crippen LogP contribution in [-0.4, -0.2) is 18.9 Å². The molecular weight excluding hydrogens is 92.1 g/mol. The van der Waals surface area contributed by atoms with E-state index in [1.165, 1.54) is 0 Å². The molecule has 1 aliphatic rings. The Morgan fingerprint density at radius 3 is 3.14 bits per heavy atom. The van der Waals surface area contributed by atoms with Gasteiger partial charge in [-0.1, -0.05) is 0 Å². The van der Waals surface area contributed by atoms with E-state index in [4.69, 9.17) is 4.11 Å². The quantitative estimate of drug-likeness (QED) is 0.442. The van der Waals surface area contributed by atoms with E-state index in [1.54, 1.807) is 0 Å². The summed E-state index contributed by atoms with van der Waals surface area (Å²) >= 11 is 0. The van der Waals surface area contributed by atoms with Crippen LogP contribution in [0.25, 0.3) is 0 Å². The first-order chi connectivity index (χ1) is 4.49. The number of rotatable bonds is 0. The van der Waals surface area contributed by atoms with Crippen molar-refractivity contribution >= 4 is 5.78 Å². The van der Waals surface area contributed by atoms with E-state index < -0.39 is 13.1 Å². The lowest BCUT2D eigenvalue weighted by atomic mass is 10.2. The summed E-state index contributed by atoms with van der Waals surface area (Å²) in [7, 11) is 0. The second-order valence-corrected chi connectivity index (χ2v) is 1.35. The molecule has 0 aromatic carbocycles. The Morgan fingerprint density at radius 1 is 1.71 bits per heavy atom. The van der Waals surface area contributed by atoms with Gasteiger partial charge in [-0.25, -0.2) is 0 Å². The normalized spacial score (nSPS) is 46.6. The number of ketones is 1. The standard InChI is InChI=1S/C5H8O2/c6-5-1-3-7-4-2-5/h1-4H2/i3D,4D2. The minimum atomic E-state index is -1.91. The predicted molar refractivity (Wildman–Crippen MR) is 25.1 cm³/mol. The molecule has 2 nitrogen and oxygen atoms in total. The molecule has 2 heteroatoms. The summed E-state index contributed by atoms with van der Waals surface area (Å²) < 4.78 is 25.5. The zero-order chi connectivity index (χ0) is 7.78. The fourth-order valence-corrected chi connectivity index (χ4v) is 0.388. The fourth-order valence-electron chi connectivity index (χ4n) is 0.388. The third-order valence-corrected chi connectivity index (χ3v) is 0.747. The van der Waals surface area contributed by atoms with Crippen molar-refractivity contribution in [3.05, 3.63) is 0 Å². The summed E-state index contributed by atoms with van der Waals surface area (Å²) in [6, 6.07) is 0. The number of carbonyl (C=O) groups is 1. The van der Waals surface area contributed by atoms with Gasteiger partial charge in [-0.05, 0) is 0 Å². The third-order valence-electron chi connectivity index (χ3n) is 0.747. The molecule has 0 aliphatic carbocycles. The molecule has 1 saturated heterocycles. The minimum Gasteiger partial charge on any atom is -0.381 e. The summed E-state index contributed by atoms with van der Waals surface area (Å²) in [5.74, 6) is -0.240. The van der Waals surface area contributed by atoms with Gasteiger partial charge >= 0.3 is 0 Å². The first kappa shape index (κ1) is 2.27. The summed E-state index contributed by atoms with van der Waals surface area (Å²) in [6.07, 6.45) is -0.206. The zero-order valence-corrected chi connectivity index (χ0v) is 3.81. The molecule has 0 amide bonds. The van der Waals surface area contributed by atoms with E-state index in [2.05, 4.69) is 4.74 Å². The van der Waals surface area contributed by atoms with E-state index in [1.807, 2.05) is 0 Å². The second kappa shape index (κ2) is 2.07. The van der Waals surface area contributed by atoms with Gasteiger partial charge < -0.3 is 4.74 Å². The monoisotopic (exact) mass is 103 g/mol. The first-order valence-corrected chi connectivity index (χ1v) is 2.11. The van der Waals surface area contributed by atoms with Crippen molar-refractivity contribution < 1.29 is 13.6 Å². The van der Waals surface area contributed by atoms with Crippen molar-refractivity contribution in [3.63, 3.8) is 0 Å². The van der Waals surface area contributed by atoms with Crippen LogP contribution in [0.3, 0.4) is 0 Å². The summed E-state index contributed by atoms with van der Waals surface area (Å²) in [5.41, 5.74) is 0. The van der Waals surface area contributed by atoms with Crippen molar-refractivity contribution in [2.75, 3.05) is 13.1 Å². The molecule has 0 aromatic rings. The Kier molecular flexibility index (Phi) is 0.671. The van der Waals surface area contributed by atoms with Crippen LogP contribution in [0.1, 0.15) is 17.0 Å². The molecule has 1 heterocycles. The lowest BCUT2D eigenvalue weighted by molar-refractivity contribution is -0.124. The molecule has 1 rings (SSSR count). The molecule has 0 N–H and O–H groups in total. The van der Waals surface area contributed by atoms with E-state index >= 15 is 0 Å². The minimum absolute atomic E-state index is 0.0134. The van der Waals surface area contributed by atoms with Crippen molar-refractivity contribution in [1.82, 2.24) is 0 Å². The van der Waals surface area contributed by atoms with Gasteiger partial charge in [0, 0.05) is 12.8 Å². The van der Waals surface area contributed by atoms with Crippen LogP contribution in [0.5, 0.6) is 0 Å². The average Bonchev–Trinajstić information content (AvgIpc) is 1.54. The molecule has 1 aliphatic heterocycles. The molecule has 0 saturated carbocycles. The third kappa shape index (κ3) is 1.27. The smallest absolute Gasteiger partial charge is 0.137 e. The summed E-state index contributed by atoms with van der Waals surface area (Å²) in [6.45, 7) is -2.93. The van der Waals surface area contributed by atoms with Gasteiger partial charge in [0.25, 0.3) is 0 Å². The first-order valence-electron chi connectivity index (χ1n) is 3.69. The number of hydrogen-bond acceptors (Lipinski definition) is 2. The Morgan fingerprint density at radius 2 is 2.57 bits per heavy atom. The van der Waals surface area contributed by atoms with Crippen molar-refractivity contribution in [2.24, 2.45) is 0 Å². The lowest BCUT2D eigenvalue weighted by Gasteiger charge is -2.07.